The van der Waals surface area contributed by atoms with E-state index in [0.717, 1.165) is 11.3 Å². The molecule has 0 spiro atoms. The number of nitrogens with zero attached hydrogens (tertiary/aromatic N) is 3. The third kappa shape index (κ3) is 2.72. The van der Waals surface area contributed by atoms with Crippen LogP contribution in [0.2, 0.25) is 0 Å². The molecule has 0 radical (unpaired) electrons. The number of nitriles is 1. The van der Waals surface area contributed by atoms with E-state index in [4.69, 9.17) is 15.2 Å². The van der Waals surface area contributed by atoms with Crippen LogP contribution in [-0.4, -0.2) is 36.7 Å². The molecule has 146 valence electrons. The number of allylic oxidation sites excluding steroid dienone is 3. The van der Waals surface area contributed by atoms with Gasteiger partial charge in [-0.1, -0.05) is 19.9 Å². The van der Waals surface area contributed by atoms with E-state index < -0.39 is 5.92 Å². The maximum Gasteiger partial charge on any atom is 0.231 e. The number of carbonyl (C=O) groups excluding carboxylic acids is 1. The molecule has 4 rings (SSSR count). The van der Waals surface area contributed by atoms with Gasteiger partial charge in [0.15, 0.2) is 17.3 Å². The highest BCUT2D eigenvalue weighted by atomic mass is 16.7. The van der Waals surface area contributed by atoms with Crippen LogP contribution in [0.4, 0.5) is 0 Å². The second kappa shape index (κ2) is 6.28. The van der Waals surface area contributed by atoms with E-state index in [1.165, 1.54) is 0 Å². The first-order valence-electron chi connectivity index (χ1n) is 9.26. The average molecular weight is 380 g/mol. The number of rotatable bonds is 2. The fraction of sp³-hybridized carbons (Fsp3) is 0.429. The lowest BCUT2D eigenvalue weighted by Gasteiger charge is -2.45. The fourth-order valence-corrected chi connectivity index (χ4v) is 4.37. The van der Waals surface area contributed by atoms with Crippen molar-refractivity contribution in [3.63, 3.8) is 0 Å². The van der Waals surface area contributed by atoms with Gasteiger partial charge in [0.25, 0.3) is 0 Å². The largest absolute Gasteiger partial charge is 0.454 e. The first-order valence-corrected chi connectivity index (χ1v) is 9.26. The van der Waals surface area contributed by atoms with Crippen LogP contribution in [-0.2, 0) is 4.79 Å². The maximum absolute atomic E-state index is 13.3. The molecule has 1 aromatic rings. The zero-order valence-corrected chi connectivity index (χ0v) is 16.6. The molecule has 0 amide bonds. The topological polar surface area (TPSA) is 91.8 Å². The van der Waals surface area contributed by atoms with Crippen molar-refractivity contribution < 1.29 is 14.3 Å². The molecular weight excluding hydrogens is 356 g/mol. The molecule has 0 unspecified atom stereocenters. The van der Waals surface area contributed by atoms with Gasteiger partial charge in [-0.15, -0.1) is 0 Å². The van der Waals surface area contributed by atoms with Crippen LogP contribution in [0.5, 0.6) is 11.5 Å². The molecule has 0 saturated carbocycles. The van der Waals surface area contributed by atoms with Gasteiger partial charge in [0, 0.05) is 31.8 Å². The number of Topliss-reactive ketones (excluding diaryl/α,β-unsaturated/α-hetero) is 1. The minimum Gasteiger partial charge on any atom is -0.454 e. The molecule has 0 saturated heterocycles. The highest BCUT2D eigenvalue weighted by Crippen LogP contribution is 2.50. The molecule has 0 bridgehead atoms. The number of hydrazine groups is 1. The van der Waals surface area contributed by atoms with E-state index in [1.54, 1.807) is 5.01 Å². The Morgan fingerprint density at radius 1 is 1.25 bits per heavy atom. The van der Waals surface area contributed by atoms with Crippen LogP contribution >= 0.6 is 0 Å². The van der Waals surface area contributed by atoms with Gasteiger partial charge in [-0.3, -0.25) is 9.80 Å². The minimum atomic E-state index is -0.505. The number of ketones is 1. The van der Waals surface area contributed by atoms with Crippen molar-refractivity contribution in [3.05, 3.63) is 46.4 Å². The van der Waals surface area contributed by atoms with E-state index in [9.17, 15) is 10.1 Å². The van der Waals surface area contributed by atoms with Crippen molar-refractivity contribution >= 4 is 5.78 Å². The van der Waals surface area contributed by atoms with Crippen molar-refractivity contribution in [2.45, 2.75) is 32.6 Å². The third-order valence-electron chi connectivity index (χ3n) is 5.48. The standard InChI is InChI=1S/C21H24N4O3/c1-21(2)8-14-19(15(26)9-21)18(13(10-22)20(23)25(14)24(3)4)12-5-6-16-17(7-12)28-11-27-16/h5-7,18H,8-9,11,23H2,1-4H3/t18-/m1/s1. The fourth-order valence-electron chi connectivity index (χ4n) is 4.37. The number of benzene rings is 1. The summed E-state index contributed by atoms with van der Waals surface area (Å²) in [5.74, 6) is 1.19. The Morgan fingerprint density at radius 2 is 1.96 bits per heavy atom. The second-order valence-electron chi connectivity index (χ2n) is 8.42. The number of hydrogen-bond acceptors (Lipinski definition) is 7. The number of nitrogens with two attached hydrogens (primary N) is 1. The summed E-state index contributed by atoms with van der Waals surface area (Å²) in [6.07, 6.45) is 1.14. The van der Waals surface area contributed by atoms with E-state index in [1.807, 2.05) is 37.3 Å². The lowest BCUT2D eigenvalue weighted by atomic mass is 9.69. The Bertz CT molecular complexity index is 968. The first kappa shape index (κ1) is 18.4. The summed E-state index contributed by atoms with van der Waals surface area (Å²) in [4.78, 5) is 13.3. The highest BCUT2D eigenvalue weighted by Gasteiger charge is 2.45. The zero-order valence-electron chi connectivity index (χ0n) is 16.6. The van der Waals surface area contributed by atoms with E-state index in [2.05, 4.69) is 19.9 Å². The molecule has 2 aliphatic heterocycles. The monoisotopic (exact) mass is 380 g/mol. The van der Waals surface area contributed by atoms with Crippen molar-refractivity contribution in [1.82, 2.24) is 10.0 Å². The van der Waals surface area contributed by atoms with Gasteiger partial charge in [-0.2, -0.15) is 5.26 Å². The predicted molar refractivity (Wildman–Crippen MR) is 103 cm³/mol. The van der Waals surface area contributed by atoms with Gasteiger partial charge in [-0.05, 0) is 29.5 Å². The summed E-state index contributed by atoms with van der Waals surface area (Å²) < 4.78 is 10.9. The van der Waals surface area contributed by atoms with Gasteiger partial charge >= 0.3 is 0 Å². The van der Waals surface area contributed by atoms with Gasteiger partial charge in [0.05, 0.1) is 17.6 Å². The summed E-state index contributed by atoms with van der Waals surface area (Å²) in [5.41, 5.74) is 8.98. The molecule has 1 aromatic carbocycles. The van der Waals surface area contributed by atoms with Crippen molar-refractivity contribution in [1.29, 1.82) is 5.26 Å². The van der Waals surface area contributed by atoms with Gasteiger partial charge in [-0.25, -0.2) is 5.01 Å². The Hall–Kier alpha value is -2.98. The van der Waals surface area contributed by atoms with Crippen LogP contribution in [0.3, 0.4) is 0 Å². The molecule has 28 heavy (non-hydrogen) atoms. The molecule has 0 aromatic heterocycles. The highest BCUT2D eigenvalue weighted by molar-refractivity contribution is 6.00. The molecule has 7 nitrogen and oxygen atoms in total. The van der Waals surface area contributed by atoms with Gasteiger partial charge < -0.3 is 15.2 Å². The number of hydrogen-bond donors (Lipinski definition) is 1. The molecule has 0 fully saturated rings. The first-order chi connectivity index (χ1) is 13.2. The van der Waals surface area contributed by atoms with Crippen LogP contribution in [0.1, 0.15) is 38.2 Å². The molecule has 7 heteroatoms. The lowest BCUT2D eigenvalue weighted by molar-refractivity contribution is -0.119. The molecule has 1 atom stereocenters. The quantitative estimate of drug-likeness (QED) is 0.843. The average Bonchev–Trinajstić information content (AvgIpc) is 3.06. The number of ether oxygens (including phenoxy) is 2. The Labute approximate surface area is 164 Å². The van der Waals surface area contributed by atoms with Gasteiger partial charge in [0.1, 0.15) is 5.82 Å². The Balaban J connectivity index is 1.94. The van der Waals surface area contributed by atoms with Crippen molar-refractivity contribution in [2.24, 2.45) is 11.1 Å². The Kier molecular flexibility index (Phi) is 4.12. The lowest BCUT2D eigenvalue weighted by Crippen LogP contribution is -2.47. The van der Waals surface area contributed by atoms with Crippen LogP contribution in [0.15, 0.2) is 40.9 Å². The smallest absolute Gasteiger partial charge is 0.231 e. The normalized spacial score (nSPS) is 23.2. The molecule has 2 heterocycles. The van der Waals surface area contributed by atoms with E-state index >= 15 is 0 Å². The predicted octanol–water partition coefficient (Wildman–Crippen LogP) is 2.63. The molecular formula is C21H24N4O3. The molecule has 2 N–H and O–H groups in total. The summed E-state index contributed by atoms with van der Waals surface area (Å²) in [7, 11) is 3.72. The van der Waals surface area contributed by atoms with E-state index in [0.29, 0.717) is 41.3 Å². The van der Waals surface area contributed by atoms with Crippen molar-refractivity contribution in [2.75, 3.05) is 20.9 Å². The SMILES string of the molecule is CN(C)N1C(N)=C(C#N)[C@@H](c2ccc3c(c2)OCO3)C2=C1CC(C)(C)CC2=O. The molecule has 3 aliphatic rings. The summed E-state index contributed by atoms with van der Waals surface area (Å²) in [5, 5.41) is 13.6. The van der Waals surface area contributed by atoms with Crippen LogP contribution in [0.25, 0.3) is 0 Å². The zero-order chi connectivity index (χ0) is 20.2. The minimum absolute atomic E-state index is 0.0565. The van der Waals surface area contributed by atoms with E-state index in [-0.39, 0.29) is 18.0 Å². The number of carbonyl (C=O) groups is 1. The summed E-state index contributed by atoms with van der Waals surface area (Å²) >= 11 is 0. The van der Waals surface area contributed by atoms with Crippen molar-refractivity contribution in [3.8, 4) is 17.6 Å². The Morgan fingerprint density at radius 3 is 2.64 bits per heavy atom. The molecule has 1 aliphatic carbocycles. The number of fused-ring (bicyclic) bond motifs is 1. The van der Waals surface area contributed by atoms with Crippen LogP contribution in [0, 0.1) is 16.7 Å². The maximum atomic E-state index is 13.3. The summed E-state index contributed by atoms with van der Waals surface area (Å²) in [6, 6.07) is 7.80. The third-order valence-corrected chi connectivity index (χ3v) is 5.48. The second-order valence-corrected chi connectivity index (χ2v) is 8.42. The summed E-state index contributed by atoms with van der Waals surface area (Å²) in [6.45, 7) is 4.33. The van der Waals surface area contributed by atoms with Gasteiger partial charge in [0.2, 0.25) is 6.79 Å². The van der Waals surface area contributed by atoms with Crippen LogP contribution < -0.4 is 15.2 Å².